The molecule has 4 aromatic rings. The molecule has 1 N–H and O–H groups in total. The van der Waals surface area contributed by atoms with Crippen LogP contribution in [0, 0.1) is 12.7 Å². The first-order valence-corrected chi connectivity index (χ1v) is 11.4. The Kier molecular flexibility index (Phi) is 5.55. The van der Waals surface area contributed by atoms with Gasteiger partial charge in [-0.25, -0.2) is 13.8 Å². The first-order valence-electron chi connectivity index (χ1n) is 10.6. The highest BCUT2D eigenvalue weighted by molar-refractivity contribution is 7.21. The van der Waals surface area contributed by atoms with Crippen LogP contribution in [0.5, 0.6) is 5.75 Å². The number of hydrogen-bond acceptors (Lipinski definition) is 8. The monoisotopic (exact) mass is 498 g/mol. The molecule has 0 spiro atoms. The molecule has 0 bridgehead atoms. The van der Waals surface area contributed by atoms with Gasteiger partial charge in [-0.2, -0.15) is 10.2 Å². The van der Waals surface area contributed by atoms with E-state index in [1.807, 2.05) is 0 Å². The third-order valence-corrected chi connectivity index (χ3v) is 7.19. The second-order valence-corrected chi connectivity index (χ2v) is 8.92. The Morgan fingerprint density at radius 1 is 1.26 bits per heavy atom. The van der Waals surface area contributed by atoms with E-state index in [1.165, 1.54) is 30.4 Å². The summed E-state index contributed by atoms with van der Waals surface area (Å²) >= 11 is 1.07. The average molecular weight is 498 g/mol. The van der Waals surface area contributed by atoms with Crippen LogP contribution in [0.3, 0.4) is 0 Å². The Balaban J connectivity index is 1.76. The number of amides is 1. The fourth-order valence-corrected chi connectivity index (χ4v) is 5.44. The number of ether oxygens (including phenoxy) is 1. The molecule has 0 radical (unpaired) electrons. The Morgan fingerprint density at radius 2 is 2.00 bits per heavy atom. The standard InChI is InChI=1S/C22H19FN6O5S/c1-11-17-19(32)28(14-5-6-24-18(14)31)22(33)27(21(17)35-20(11)29-25-7-8-26-29)10-15(30)13-9-12(23)3-4-16(13)34-2/h3-4,7-9,14H,5-6,10H2,1-2H3,(H,24,31)/t14-/m1/s1. The van der Waals surface area contributed by atoms with Crippen molar-refractivity contribution in [2.75, 3.05) is 13.7 Å². The minimum Gasteiger partial charge on any atom is -0.496 e. The van der Waals surface area contributed by atoms with Gasteiger partial charge in [-0.3, -0.25) is 19.0 Å². The minimum absolute atomic E-state index is 0.0499. The molecule has 1 aliphatic rings. The van der Waals surface area contributed by atoms with Gasteiger partial charge in [0.05, 0.1) is 37.0 Å². The van der Waals surface area contributed by atoms with Crippen LogP contribution in [0.4, 0.5) is 4.39 Å². The number of methoxy groups -OCH3 is 1. The maximum Gasteiger partial charge on any atom is 0.333 e. The lowest BCUT2D eigenvalue weighted by atomic mass is 10.1. The number of carbonyl (C=O) groups is 2. The van der Waals surface area contributed by atoms with Crippen LogP contribution in [0.25, 0.3) is 15.2 Å². The van der Waals surface area contributed by atoms with Crippen LogP contribution in [0.2, 0.25) is 0 Å². The number of thiophene rings is 1. The molecule has 1 amide bonds. The highest BCUT2D eigenvalue weighted by atomic mass is 32.1. The number of ketones is 1. The quantitative estimate of drug-likeness (QED) is 0.396. The van der Waals surface area contributed by atoms with Gasteiger partial charge in [-0.05, 0) is 31.5 Å². The summed E-state index contributed by atoms with van der Waals surface area (Å²) in [6.07, 6.45) is 3.19. The third-order valence-electron chi connectivity index (χ3n) is 5.91. The molecule has 1 atom stereocenters. The topological polar surface area (TPSA) is 130 Å². The van der Waals surface area contributed by atoms with Gasteiger partial charge in [0.2, 0.25) is 5.91 Å². The van der Waals surface area contributed by atoms with Crippen LogP contribution in [0.15, 0.2) is 40.2 Å². The van der Waals surface area contributed by atoms with Gasteiger partial charge in [0.25, 0.3) is 5.56 Å². The second kappa shape index (κ2) is 8.58. The van der Waals surface area contributed by atoms with Crippen molar-refractivity contribution in [3.63, 3.8) is 0 Å². The van der Waals surface area contributed by atoms with E-state index in [2.05, 4.69) is 15.5 Å². The highest BCUT2D eigenvalue weighted by Crippen LogP contribution is 2.31. The van der Waals surface area contributed by atoms with Crippen molar-refractivity contribution in [2.24, 2.45) is 0 Å². The molecule has 0 unspecified atom stereocenters. The van der Waals surface area contributed by atoms with Crippen LogP contribution in [-0.4, -0.2) is 49.5 Å². The van der Waals surface area contributed by atoms with E-state index in [4.69, 9.17) is 4.74 Å². The fourth-order valence-electron chi connectivity index (χ4n) is 4.23. The number of carbonyl (C=O) groups excluding carboxylic acids is 2. The molecular formula is C22H19FN6O5S. The fraction of sp³-hybridized carbons (Fsp3) is 0.273. The number of halogens is 1. The summed E-state index contributed by atoms with van der Waals surface area (Å²) in [6, 6.07) is 2.50. The summed E-state index contributed by atoms with van der Waals surface area (Å²) in [4.78, 5) is 54.3. The minimum atomic E-state index is -1.00. The Hall–Kier alpha value is -4.13. The van der Waals surface area contributed by atoms with Crippen LogP contribution in [0.1, 0.15) is 28.4 Å². The Morgan fingerprint density at radius 3 is 2.66 bits per heavy atom. The third kappa shape index (κ3) is 3.64. The number of benzene rings is 1. The van der Waals surface area contributed by atoms with E-state index in [9.17, 15) is 23.6 Å². The first kappa shape index (κ1) is 22.7. The number of nitrogens with one attached hydrogen (secondary N) is 1. The molecule has 1 saturated heterocycles. The lowest BCUT2D eigenvalue weighted by Gasteiger charge is -2.15. The SMILES string of the molecule is COc1ccc(F)cc1C(=O)Cn1c(=O)n([C@@H]2CCNC2=O)c(=O)c2c(C)c(-n3nccn3)sc21. The van der Waals surface area contributed by atoms with Crippen molar-refractivity contribution < 1.29 is 18.7 Å². The van der Waals surface area contributed by atoms with Crippen molar-refractivity contribution in [2.45, 2.75) is 25.9 Å². The lowest BCUT2D eigenvalue weighted by molar-refractivity contribution is -0.122. The summed E-state index contributed by atoms with van der Waals surface area (Å²) < 4.78 is 21.1. The van der Waals surface area contributed by atoms with Gasteiger partial charge < -0.3 is 10.1 Å². The van der Waals surface area contributed by atoms with Crippen LogP contribution >= 0.6 is 11.3 Å². The van der Waals surface area contributed by atoms with Crippen molar-refractivity contribution >= 4 is 33.2 Å². The maximum absolute atomic E-state index is 13.9. The normalized spacial score (nSPS) is 15.5. The summed E-state index contributed by atoms with van der Waals surface area (Å²) in [6.45, 7) is 1.50. The molecule has 1 aliphatic heterocycles. The molecule has 35 heavy (non-hydrogen) atoms. The first-order chi connectivity index (χ1) is 16.8. The van der Waals surface area contributed by atoms with E-state index in [0.29, 0.717) is 17.1 Å². The van der Waals surface area contributed by atoms with Crippen molar-refractivity contribution in [1.82, 2.24) is 29.4 Å². The van der Waals surface area contributed by atoms with E-state index in [1.54, 1.807) is 6.92 Å². The average Bonchev–Trinajstić information content (AvgIpc) is 3.58. The van der Waals surface area contributed by atoms with Crippen LogP contribution < -0.4 is 21.3 Å². The van der Waals surface area contributed by atoms with Gasteiger partial charge in [0, 0.05) is 12.1 Å². The van der Waals surface area contributed by atoms with E-state index in [0.717, 1.165) is 32.6 Å². The molecule has 1 fully saturated rings. The summed E-state index contributed by atoms with van der Waals surface area (Å²) in [5.41, 5.74) is -0.991. The number of Topliss-reactive ketones (excluding diaryl/α,β-unsaturated/α-hetero) is 1. The molecule has 3 aromatic heterocycles. The van der Waals surface area contributed by atoms with E-state index < -0.39 is 41.3 Å². The largest absolute Gasteiger partial charge is 0.496 e. The molecule has 5 rings (SSSR count). The Labute approximate surface area is 200 Å². The molecule has 11 nitrogen and oxygen atoms in total. The van der Waals surface area contributed by atoms with Crippen LogP contribution in [-0.2, 0) is 11.3 Å². The van der Waals surface area contributed by atoms with Crippen molar-refractivity contribution in [1.29, 1.82) is 0 Å². The Bertz CT molecular complexity index is 1600. The van der Waals surface area contributed by atoms with Gasteiger partial charge >= 0.3 is 5.69 Å². The summed E-state index contributed by atoms with van der Waals surface area (Å²) in [5, 5.41) is 11.5. The van der Waals surface area contributed by atoms with Crippen molar-refractivity contribution in [3.05, 3.63) is 68.4 Å². The number of nitrogens with zero attached hydrogens (tertiary/aromatic N) is 5. The van der Waals surface area contributed by atoms with Gasteiger partial charge in [0.1, 0.15) is 27.4 Å². The molecule has 13 heteroatoms. The zero-order chi connectivity index (χ0) is 24.9. The molecule has 0 aliphatic carbocycles. The number of aryl methyl sites for hydroxylation is 1. The number of aromatic nitrogens is 5. The summed E-state index contributed by atoms with van der Waals surface area (Å²) in [7, 11) is 1.35. The predicted octanol–water partition coefficient (Wildman–Crippen LogP) is 1.21. The molecular weight excluding hydrogens is 479 g/mol. The van der Waals surface area contributed by atoms with Crippen molar-refractivity contribution in [3.8, 4) is 10.8 Å². The molecule has 0 saturated carbocycles. The molecule has 1 aromatic carbocycles. The summed E-state index contributed by atoms with van der Waals surface area (Å²) in [5.74, 6) is -1.54. The number of hydrogen-bond donors (Lipinski definition) is 1. The molecule has 4 heterocycles. The van der Waals surface area contributed by atoms with Gasteiger partial charge in [-0.15, -0.1) is 4.80 Å². The number of fused-ring (bicyclic) bond motifs is 1. The number of rotatable bonds is 6. The lowest BCUT2D eigenvalue weighted by Crippen LogP contribution is -2.44. The van der Waals surface area contributed by atoms with Gasteiger partial charge in [-0.1, -0.05) is 11.3 Å². The molecule has 180 valence electrons. The van der Waals surface area contributed by atoms with E-state index in [-0.39, 0.29) is 28.0 Å². The zero-order valence-corrected chi connectivity index (χ0v) is 19.5. The van der Waals surface area contributed by atoms with Gasteiger partial charge in [0.15, 0.2) is 5.78 Å². The second-order valence-electron chi connectivity index (χ2n) is 7.94. The maximum atomic E-state index is 13.9. The highest BCUT2D eigenvalue weighted by Gasteiger charge is 2.32. The van der Waals surface area contributed by atoms with E-state index >= 15 is 0 Å². The smallest absolute Gasteiger partial charge is 0.333 e. The zero-order valence-electron chi connectivity index (χ0n) is 18.6. The predicted molar refractivity (Wildman–Crippen MR) is 124 cm³/mol.